The summed E-state index contributed by atoms with van der Waals surface area (Å²) >= 11 is 0. The van der Waals surface area contributed by atoms with Gasteiger partial charge in [0, 0.05) is 167 Å². The van der Waals surface area contributed by atoms with Gasteiger partial charge < -0.3 is 90.8 Å². The number of imidazole rings is 4. The van der Waals surface area contributed by atoms with Gasteiger partial charge in [-0.3, -0.25) is 62.5 Å². The summed E-state index contributed by atoms with van der Waals surface area (Å²) in [6.45, 7) is 2.52. The number of anilines is 4. The van der Waals surface area contributed by atoms with E-state index < -0.39 is 65.4 Å². The molecule has 0 aliphatic carbocycles. The van der Waals surface area contributed by atoms with Crippen LogP contribution in [0.3, 0.4) is 0 Å². The lowest BCUT2D eigenvalue weighted by atomic mass is 10.1. The Labute approximate surface area is 544 Å². The van der Waals surface area contributed by atoms with Gasteiger partial charge in [0.2, 0.25) is 52.9 Å². The summed E-state index contributed by atoms with van der Waals surface area (Å²) in [6.07, 6.45) is 9.81. The molecule has 2 aliphatic heterocycles. The molecule has 2 saturated heterocycles. The van der Waals surface area contributed by atoms with Crippen molar-refractivity contribution in [2.45, 2.75) is 69.1 Å². The van der Waals surface area contributed by atoms with Crippen LogP contribution in [-0.4, -0.2) is 235 Å². The number of aromatic nitrogens is 9. The quantitative estimate of drug-likeness (QED) is 0.00890. The third-order valence-corrected chi connectivity index (χ3v) is 15.1. The van der Waals surface area contributed by atoms with Crippen molar-refractivity contribution in [3.63, 3.8) is 0 Å². The molecule has 11 amide bonds. The smallest absolute Gasteiger partial charge is 0.291 e. The summed E-state index contributed by atoms with van der Waals surface area (Å²) in [5, 5.41) is 33.4. The molecule has 2 aliphatic rings. The highest BCUT2D eigenvalue weighted by Crippen LogP contribution is 2.21. The first kappa shape index (κ1) is 71.9. The van der Waals surface area contributed by atoms with Crippen LogP contribution in [0, 0.1) is 0 Å². The predicted octanol–water partition coefficient (Wildman–Crippen LogP) is -2.17. The molecule has 38 nitrogen and oxygen atoms in total. The maximum absolute atomic E-state index is 13.4. The van der Waals surface area contributed by atoms with E-state index in [-0.39, 0.29) is 161 Å². The minimum atomic E-state index is -0.636. The van der Waals surface area contributed by atoms with Crippen molar-refractivity contribution in [1.29, 1.82) is 0 Å². The summed E-state index contributed by atoms with van der Waals surface area (Å²) in [7, 11) is 11.6. The number of carbonyl (C=O) groups excluding carboxylic acids is 11. The van der Waals surface area contributed by atoms with Crippen molar-refractivity contribution in [1.82, 2.24) is 89.8 Å². The highest BCUT2D eigenvalue weighted by molar-refractivity contribution is 6.03. The number of hydrogen-bond acceptors (Lipinski definition) is 20. The van der Waals surface area contributed by atoms with Crippen LogP contribution in [0.5, 0.6) is 0 Å². The monoisotopic (exact) mass is 1320 g/mol. The van der Waals surface area contributed by atoms with Crippen molar-refractivity contribution >= 4 is 88.1 Å². The lowest BCUT2D eigenvalue weighted by molar-refractivity contribution is -0.125. The van der Waals surface area contributed by atoms with Crippen LogP contribution in [-0.2, 0) is 73.5 Å². The van der Waals surface area contributed by atoms with Crippen LogP contribution in [0.25, 0.3) is 10.4 Å². The number of likely N-dealkylation sites (tertiary alicyclic amines) is 2. The molecule has 4 atom stereocenters. The lowest BCUT2D eigenvalue weighted by Gasteiger charge is -2.18. The Bertz CT molecular complexity index is 3640. The number of nitrogens with one attached hydrogen (secondary N) is 11. The average molecular weight is 1320 g/mol. The van der Waals surface area contributed by atoms with Gasteiger partial charge >= 0.3 is 0 Å². The third-order valence-electron chi connectivity index (χ3n) is 15.1. The first-order valence-corrected chi connectivity index (χ1v) is 30.5. The molecular weight excluding hydrogens is 1240 g/mol. The van der Waals surface area contributed by atoms with Crippen LogP contribution in [0.4, 0.5) is 23.1 Å². The summed E-state index contributed by atoms with van der Waals surface area (Å²) in [6, 6.07) is -0.511. The van der Waals surface area contributed by atoms with Crippen LogP contribution < -0.4 is 58.5 Å². The van der Waals surface area contributed by atoms with Gasteiger partial charge in [-0.15, -0.1) is 0 Å². The van der Waals surface area contributed by atoms with Crippen molar-refractivity contribution in [3.8, 4) is 0 Å². The number of nitrogens with zero attached hydrogens (tertiary/aromatic N) is 14. The number of rotatable bonds is 35. The topological polar surface area (TPSA) is 470 Å². The standard InChI is InChI=1S/C57H81N25O13/c1-76-20-17-60-47(76)56(92)67-35-26-38(78(3)29-35)52(88)62-15-12-46(86)70-41-32-82(7)50(72-41)57(93)68-36-27-37(77(2)30-36)51(87)61-13-8-9-44(84)69-40-31-80(5)48(71-40)54(90)64-16-11-45(85)66-34-25-39(79(4)28-34)53(89)74-42-33-81(6)49(73-42)55(91)63-14-10-43(83)59-18-21-94-23-24-95-22-19-65-75-58/h17,20,26,29,31-34,36-37,39H,8-16,18-19,21-25,27-28,30H2,1-7H3,(H,59,83)(H,61,87)(H,62,88)(H,63,91)(H,64,90)(H,66,85)(H,67,92)(H,68,93)(H,69,84)(H,70,86)(H,74,89). The van der Waals surface area contributed by atoms with E-state index >= 15 is 0 Å². The SMILES string of the molecule is CN1CC(NC(=O)c2nc(NC(=O)CCNC(=O)c3cc(NC(=O)c4nccn4C)cn3C)cn2C)CC1C(=O)NCCCC(=O)Nc1cn(C)c(C(=O)NCCC(=O)NC2CC(C(=O)Nc3cn(C)c(C(=O)NCCC(=O)NCCOCCOCCN=[N+]=[N-])n3)N(C)C2)n1. The highest BCUT2D eigenvalue weighted by atomic mass is 16.5. The largest absolute Gasteiger partial charge is 0.379 e. The fourth-order valence-corrected chi connectivity index (χ4v) is 10.4. The summed E-state index contributed by atoms with van der Waals surface area (Å²) < 4.78 is 18.0. The van der Waals surface area contributed by atoms with Crippen molar-refractivity contribution in [3.05, 3.63) is 82.7 Å². The van der Waals surface area contributed by atoms with Gasteiger partial charge in [-0.05, 0) is 45.0 Å². The molecule has 4 unspecified atom stereocenters. The van der Waals surface area contributed by atoms with E-state index in [0.29, 0.717) is 38.4 Å². The first-order valence-electron chi connectivity index (χ1n) is 30.5. The molecule has 5 aromatic rings. The van der Waals surface area contributed by atoms with Crippen LogP contribution >= 0.6 is 0 Å². The number of azide groups is 1. The number of carbonyl (C=O) groups is 11. The molecule has 7 heterocycles. The van der Waals surface area contributed by atoms with E-state index in [1.54, 1.807) is 76.1 Å². The molecular formula is C57H81N25O13. The Morgan fingerprint density at radius 3 is 1.62 bits per heavy atom. The van der Waals surface area contributed by atoms with E-state index in [1.165, 1.54) is 49.1 Å². The second-order valence-electron chi connectivity index (χ2n) is 22.6. The van der Waals surface area contributed by atoms with Crippen LogP contribution in [0.1, 0.15) is 97.9 Å². The fourth-order valence-electron chi connectivity index (χ4n) is 10.4. The van der Waals surface area contributed by atoms with Gasteiger partial charge in [-0.2, -0.15) is 0 Å². The number of hydrogen-bond donors (Lipinski definition) is 11. The van der Waals surface area contributed by atoms with E-state index in [2.05, 4.69) is 88.4 Å². The van der Waals surface area contributed by atoms with E-state index in [0.717, 1.165) is 0 Å². The molecule has 2 fully saturated rings. The van der Waals surface area contributed by atoms with Crippen LogP contribution in [0.2, 0.25) is 0 Å². The number of likely N-dealkylation sites (N-methyl/N-ethyl adjacent to an activating group) is 2. The molecule has 0 radical (unpaired) electrons. The first-order chi connectivity index (χ1) is 45.5. The zero-order chi connectivity index (χ0) is 68.7. The van der Waals surface area contributed by atoms with Crippen molar-refractivity contribution in [2.24, 2.45) is 40.4 Å². The predicted molar refractivity (Wildman–Crippen MR) is 339 cm³/mol. The van der Waals surface area contributed by atoms with Gasteiger partial charge in [0.15, 0.2) is 23.3 Å². The normalized spacial score (nSPS) is 16.0. The molecule has 7 rings (SSSR count). The Morgan fingerprint density at radius 2 is 1.03 bits per heavy atom. The van der Waals surface area contributed by atoms with E-state index in [4.69, 9.17) is 15.0 Å². The maximum atomic E-state index is 13.4. The lowest BCUT2D eigenvalue weighted by Crippen LogP contribution is -2.41. The molecule has 0 saturated carbocycles. The van der Waals surface area contributed by atoms with Crippen molar-refractivity contribution < 1.29 is 62.2 Å². The molecule has 0 bridgehead atoms. The molecule has 5 aromatic heterocycles. The second-order valence-corrected chi connectivity index (χ2v) is 22.6. The zero-order valence-corrected chi connectivity index (χ0v) is 53.9. The molecule has 11 N–H and O–H groups in total. The van der Waals surface area contributed by atoms with Gasteiger partial charge in [0.1, 0.15) is 5.69 Å². The minimum Gasteiger partial charge on any atom is -0.379 e. The fraction of sp³-hybridized carbons (Fsp3) is 0.526. The Morgan fingerprint density at radius 1 is 0.505 bits per heavy atom. The molecule has 0 aromatic carbocycles. The minimum absolute atomic E-state index is 0.00699. The zero-order valence-electron chi connectivity index (χ0n) is 53.9. The molecule has 512 valence electrons. The average Bonchev–Trinajstić information content (AvgIpc) is 1.73. The number of ether oxygens (including phenoxy) is 2. The second kappa shape index (κ2) is 34.9. The summed E-state index contributed by atoms with van der Waals surface area (Å²) in [4.78, 5) is 165. The van der Waals surface area contributed by atoms with Gasteiger partial charge in [0.25, 0.3) is 29.5 Å². The Kier molecular flexibility index (Phi) is 26.4. The Hall–Kier alpha value is -10.6. The summed E-state index contributed by atoms with van der Waals surface area (Å²) in [5.41, 5.74) is 8.88. The van der Waals surface area contributed by atoms with Gasteiger partial charge in [-0.25, -0.2) is 19.9 Å². The number of aryl methyl sites for hydroxylation is 5. The van der Waals surface area contributed by atoms with Gasteiger partial charge in [-0.1, -0.05) is 5.11 Å². The molecule has 0 spiro atoms. The molecule has 95 heavy (non-hydrogen) atoms. The van der Waals surface area contributed by atoms with Gasteiger partial charge in [0.05, 0.1) is 44.2 Å². The number of amides is 11. The highest BCUT2D eigenvalue weighted by Gasteiger charge is 2.37. The van der Waals surface area contributed by atoms with E-state index in [1.807, 2.05) is 0 Å². The van der Waals surface area contributed by atoms with E-state index in [9.17, 15) is 52.7 Å². The maximum Gasteiger partial charge on any atom is 0.291 e. The van der Waals surface area contributed by atoms with Crippen LogP contribution in [0.15, 0.2) is 48.4 Å². The van der Waals surface area contributed by atoms with Crippen molar-refractivity contribution in [2.75, 3.05) is 114 Å². The third kappa shape index (κ3) is 21.5. The molecule has 38 heteroatoms. The summed E-state index contributed by atoms with van der Waals surface area (Å²) in [5.74, 6) is -4.22. The Balaban J connectivity index is 0.723.